The second-order valence-corrected chi connectivity index (χ2v) is 1.78. The Morgan fingerprint density at radius 2 is 1.70 bits per heavy atom. The molecule has 0 aliphatic carbocycles. The number of rotatable bonds is 2. The van der Waals surface area contributed by atoms with E-state index >= 15 is 0 Å². The van der Waals surface area contributed by atoms with Gasteiger partial charge in [0.25, 0.3) is 5.91 Å². The van der Waals surface area contributed by atoms with E-state index in [2.05, 4.69) is 5.73 Å². The number of halogens is 1. The normalized spacial score (nSPS) is 12.1. The number of amides is 1. The molecule has 0 aliphatic heterocycles. The summed E-state index contributed by atoms with van der Waals surface area (Å²) in [6.45, 7) is 0. The van der Waals surface area contributed by atoms with Gasteiger partial charge in [-0.1, -0.05) is 11.6 Å². The largest absolute Gasteiger partial charge is 0.477 e. The molecule has 0 heterocycles. The Morgan fingerprint density at radius 3 is 1.80 bits per heavy atom. The van der Waals surface area contributed by atoms with E-state index in [1.165, 1.54) is 0 Å². The fraction of sp³-hybridized carbons (Fsp3) is 0. The molecule has 0 radical (unpaired) electrons. The van der Waals surface area contributed by atoms with Gasteiger partial charge in [-0.25, -0.2) is 4.79 Å². The third-order valence-corrected chi connectivity index (χ3v) is 1.07. The molecule has 0 aromatic carbocycles. The molecule has 0 aromatic rings. The van der Waals surface area contributed by atoms with Crippen molar-refractivity contribution in [2.45, 2.75) is 0 Å². The summed E-state index contributed by atoms with van der Waals surface area (Å²) in [5, 5.41) is 7.47. The summed E-state index contributed by atoms with van der Waals surface area (Å²) >= 11 is 5.06. The van der Waals surface area contributed by atoms with Crippen molar-refractivity contribution in [1.29, 1.82) is 0 Å². The Kier molecular flexibility index (Phi) is 2.69. The highest BCUT2D eigenvalue weighted by atomic mass is 35.5. The number of hydrogen-bond donors (Lipinski definition) is 3. The third-order valence-electron chi connectivity index (χ3n) is 0.683. The van der Waals surface area contributed by atoms with Crippen LogP contribution in [0.2, 0.25) is 0 Å². The van der Waals surface area contributed by atoms with Gasteiger partial charge in [0.15, 0.2) is 0 Å². The average molecular weight is 165 g/mol. The molecule has 10 heavy (non-hydrogen) atoms. The van der Waals surface area contributed by atoms with E-state index in [0.717, 1.165) is 0 Å². The molecule has 0 atom stereocenters. The molecule has 0 unspecified atom stereocenters. The van der Waals surface area contributed by atoms with Crippen LogP contribution in [0.3, 0.4) is 0 Å². The van der Waals surface area contributed by atoms with Gasteiger partial charge in [-0.3, -0.25) is 4.79 Å². The van der Waals surface area contributed by atoms with Gasteiger partial charge in [0, 0.05) is 0 Å². The number of carbonyl (C=O) groups excluding carboxylic acids is 1. The summed E-state index contributed by atoms with van der Waals surface area (Å²) in [6, 6.07) is 0. The second-order valence-electron chi connectivity index (χ2n) is 1.40. The molecule has 0 saturated carbocycles. The summed E-state index contributed by atoms with van der Waals surface area (Å²) in [7, 11) is 0. The van der Waals surface area contributed by atoms with Gasteiger partial charge in [0.05, 0.1) is 0 Å². The quantitative estimate of drug-likeness (QED) is 0.454. The third kappa shape index (κ3) is 1.94. The van der Waals surface area contributed by atoms with E-state index in [0.29, 0.717) is 0 Å². The van der Waals surface area contributed by atoms with Crippen LogP contribution in [0, 0.1) is 0 Å². The lowest BCUT2D eigenvalue weighted by molar-refractivity contribution is -0.133. The van der Waals surface area contributed by atoms with Crippen LogP contribution in [0.4, 0.5) is 0 Å². The molecule has 0 spiro atoms. The van der Waals surface area contributed by atoms with E-state index in [-0.39, 0.29) is 0 Å². The van der Waals surface area contributed by atoms with Gasteiger partial charge in [0.2, 0.25) is 0 Å². The smallest absolute Gasteiger partial charge is 0.353 e. The summed E-state index contributed by atoms with van der Waals surface area (Å²) in [6.07, 6.45) is 0. The van der Waals surface area contributed by atoms with Crippen molar-refractivity contribution in [2.24, 2.45) is 11.5 Å². The predicted octanol–water partition coefficient (Wildman–Crippen LogP) is -1.03. The van der Waals surface area contributed by atoms with Crippen LogP contribution < -0.4 is 11.5 Å². The van der Waals surface area contributed by atoms with Gasteiger partial charge in [-0.2, -0.15) is 0 Å². The van der Waals surface area contributed by atoms with Crippen molar-refractivity contribution >= 4 is 23.5 Å². The van der Waals surface area contributed by atoms with Crippen LogP contribution in [0.1, 0.15) is 0 Å². The van der Waals surface area contributed by atoms with Gasteiger partial charge in [0.1, 0.15) is 10.7 Å². The Balaban J connectivity index is 4.67. The summed E-state index contributed by atoms with van der Waals surface area (Å²) < 4.78 is 0. The van der Waals surface area contributed by atoms with Crippen LogP contribution in [0.25, 0.3) is 0 Å². The molecule has 0 bridgehead atoms. The van der Waals surface area contributed by atoms with Crippen LogP contribution in [0.15, 0.2) is 10.7 Å². The monoisotopic (exact) mass is 164 g/mol. The minimum Gasteiger partial charge on any atom is -0.477 e. The molecule has 0 aliphatic rings. The van der Waals surface area contributed by atoms with Crippen molar-refractivity contribution in [1.82, 2.24) is 0 Å². The van der Waals surface area contributed by atoms with Crippen LogP contribution in [-0.4, -0.2) is 17.0 Å². The fourth-order valence-corrected chi connectivity index (χ4v) is 0.307. The van der Waals surface area contributed by atoms with Crippen LogP contribution in [-0.2, 0) is 9.59 Å². The minimum atomic E-state index is -1.47. The Labute approximate surface area is 61.2 Å². The SMILES string of the molecule is NC(=O)C(Cl)=C(N)C(=O)O. The van der Waals surface area contributed by atoms with E-state index in [4.69, 9.17) is 22.4 Å². The molecule has 1 amide bonds. The first-order valence-electron chi connectivity index (χ1n) is 2.15. The maximum absolute atomic E-state index is 10.1. The molecular weight excluding hydrogens is 160 g/mol. The van der Waals surface area contributed by atoms with Crippen LogP contribution >= 0.6 is 11.6 Å². The molecule has 56 valence electrons. The zero-order valence-corrected chi connectivity index (χ0v) is 5.55. The van der Waals surface area contributed by atoms with Crippen molar-refractivity contribution in [3.63, 3.8) is 0 Å². The fourth-order valence-electron chi connectivity index (χ4n) is 0.227. The standard InChI is InChI=1S/C4H5ClN2O3/c5-1(3(7)8)2(6)4(9)10/h6H2,(H2,7,8)(H,9,10). The van der Waals surface area contributed by atoms with E-state index in [1.807, 2.05) is 0 Å². The Morgan fingerprint density at radius 1 is 1.30 bits per heavy atom. The first kappa shape index (κ1) is 8.77. The van der Waals surface area contributed by atoms with Crippen molar-refractivity contribution in [2.75, 3.05) is 0 Å². The first-order valence-corrected chi connectivity index (χ1v) is 2.53. The zero-order chi connectivity index (χ0) is 8.31. The highest BCUT2D eigenvalue weighted by Crippen LogP contribution is 2.02. The average Bonchev–Trinajstić information content (AvgIpc) is 1.84. The molecule has 0 fully saturated rings. The van der Waals surface area contributed by atoms with Crippen LogP contribution in [0.5, 0.6) is 0 Å². The lowest BCUT2D eigenvalue weighted by atomic mass is 10.4. The maximum atomic E-state index is 10.1. The predicted molar refractivity (Wildman–Crippen MR) is 33.9 cm³/mol. The number of carboxylic acid groups (broad SMARTS) is 1. The minimum absolute atomic E-state index is 0.660. The lowest BCUT2D eigenvalue weighted by Crippen LogP contribution is -2.20. The highest BCUT2D eigenvalue weighted by molar-refractivity contribution is 6.43. The molecule has 6 heteroatoms. The van der Waals surface area contributed by atoms with Crippen molar-refractivity contribution in [3.05, 3.63) is 10.7 Å². The van der Waals surface area contributed by atoms with Crippen molar-refractivity contribution in [3.8, 4) is 0 Å². The maximum Gasteiger partial charge on any atom is 0.353 e. The summed E-state index contributed by atoms with van der Waals surface area (Å²) in [4.78, 5) is 20.1. The molecule has 0 saturated heterocycles. The number of carbonyl (C=O) groups is 2. The van der Waals surface area contributed by atoms with Gasteiger partial charge < -0.3 is 16.6 Å². The van der Waals surface area contributed by atoms with Gasteiger partial charge in [-0.15, -0.1) is 0 Å². The second kappa shape index (κ2) is 3.07. The molecule has 0 aromatic heterocycles. The Hall–Kier alpha value is -1.23. The van der Waals surface area contributed by atoms with E-state index in [9.17, 15) is 9.59 Å². The first-order chi connectivity index (χ1) is 4.46. The van der Waals surface area contributed by atoms with E-state index in [1.54, 1.807) is 0 Å². The van der Waals surface area contributed by atoms with E-state index < -0.39 is 22.6 Å². The van der Waals surface area contributed by atoms with Gasteiger partial charge >= 0.3 is 5.97 Å². The zero-order valence-electron chi connectivity index (χ0n) is 4.80. The number of hydrogen-bond acceptors (Lipinski definition) is 3. The lowest BCUT2D eigenvalue weighted by Gasteiger charge is -1.94. The number of primary amides is 1. The summed E-state index contributed by atoms with van der Waals surface area (Å²) in [5.41, 5.74) is 8.67. The number of nitrogens with two attached hydrogens (primary N) is 2. The summed E-state index contributed by atoms with van der Waals surface area (Å²) in [5.74, 6) is -2.52. The van der Waals surface area contributed by atoms with Gasteiger partial charge in [-0.05, 0) is 0 Å². The molecule has 0 rings (SSSR count). The Bertz CT molecular complexity index is 189. The topological polar surface area (TPSA) is 106 Å². The molecular formula is C4H5ClN2O3. The van der Waals surface area contributed by atoms with Crippen molar-refractivity contribution < 1.29 is 14.7 Å². The molecule has 5 N–H and O–H groups in total. The highest BCUT2D eigenvalue weighted by Gasteiger charge is 2.12. The number of aliphatic carboxylic acids is 1. The molecule has 5 nitrogen and oxygen atoms in total. The number of carboxylic acids is 1.